The number of benzene rings is 2. The van der Waals surface area contributed by atoms with E-state index in [0.29, 0.717) is 23.4 Å². The SMILES string of the molecule is O=C(OCc1nnc(-c2ccc([N+](=O)[O-])cc2)o1)C1(c2ccc(Cl)cc2)CCC1. The molecule has 0 saturated heterocycles. The molecule has 29 heavy (non-hydrogen) atoms. The normalized spacial score (nSPS) is 14.8. The van der Waals surface area contributed by atoms with Gasteiger partial charge in [0.25, 0.3) is 11.6 Å². The van der Waals surface area contributed by atoms with E-state index in [1.807, 2.05) is 12.1 Å². The molecule has 4 rings (SSSR count). The number of carbonyl (C=O) groups is 1. The molecular formula is C20H16ClN3O5. The maximum atomic E-state index is 12.8. The fourth-order valence-electron chi connectivity index (χ4n) is 3.33. The molecule has 2 aromatic carbocycles. The first-order valence-electron chi connectivity index (χ1n) is 8.98. The summed E-state index contributed by atoms with van der Waals surface area (Å²) in [5.74, 6) is 0.0143. The summed E-state index contributed by atoms with van der Waals surface area (Å²) in [6, 6.07) is 13.0. The van der Waals surface area contributed by atoms with E-state index in [0.717, 1.165) is 12.0 Å². The first-order valence-corrected chi connectivity index (χ1v) is 9.36. The Morgan fingerprint density at radius 3 is 2.41 bits per heavy atom. The Labute approximate surface area is 170 Å². The van der Waals surface area contributed by atoms with Gasteiger partial charge in [-0.3, -0.25) is 14.9 Å². The second-order valence-corrected chi connectivity index (χ2v) is 7.26. The van der Waals surface area contributed by atoms with Gasteiger partial charge in [-0.05, 0) is 42.7 Å². The lowest BCUT2D eigenvalue weighted by atomic mass is 9.64. The van der Waals surface area contributed by atoms with E-state index in [2.05, 4.69) is 10.2 Å². The summed E-state index contributed by atoms with van der Waals surface area (Å²) < 4.78 is 11.0. The van der Waals surface area contributed by atoms with Crippen molar-refractivity contribution in [1.29, 1.82) is 0 Å². The van der Waals surface area contributed by atoms with E-state index < -0.39 is 10.3 Å². The van der Waals surface area contributed by atoms with E-state index >= 15 is 0 Å². The molecule has 0 N–H and O–H groups in total. The van der Waals surface area contributed by atoms with Crippen LogP contribution in [0.1, 0.15) is 30.7 Å². The smallest absolute Gasteiger partial charge is 0.317 e. The average molecular weight is 414 g/mol. The van der Waals surface area contributed by atoms with Crippen molar-refractivity contribution >= 4 is 23.3 Å². The second kappa shape index (κ2) is 7.63. The predicted molar refractivity (Wildman–Crippen MR) is 103 cm³/mol. The molecule has 0 aliphatic heterocycles. The number of nitro benzene ring substituents is 1. The van der Waals surface area contributed by atoms with Gasteiger partial charge in [-0.25, -0.2) is 0 Å². The van der Waals surface area contributed by atoms with E-state index in [1.54, 1.807) is 12.1 Å². The van der Waals surface area contributed by atoms with Crippen molar-refractivity contribution in [2.45, 2.75) is 31.3 Å². The first-order chi connectivity index (χ1) is 14.0. The molecule has 1 aliphatic rings. The highest BCUT2D eigenvalue weighted by Gasteiger charge is 2.47. The van der Waals surface area contributed by atoms with Crippen molar-refractivity contribution in [2.24, 2.45) is 0 Å². The van der Waals surface area contributed by atoms with Gasteiger partial charge < -0.3 is 9.15 Å². The number of carbonyl (C=O) groups excluding carboxylic acids is 1. The second-order valence-electron chi connectivity index (χ2n) is 6.82. The zero-order valence-corrected chi connectivity index (χ0v) is 16.0. The number of nitro groups is 1. The number of rotatable bonds is 6. The molecule has 3 aromatic rings. The van der Waals surface area contributed by atoms with Crippen LogP contribution in [-0.2, 0) is 21.6 Å². The Balaban J connectivity index is 1.43. The zero-order chi connectivity index (χ0) is 20.4. The third kappa shape index (κ3) is 3.71. The van der Waals surface area contributed by atoms with Crippen LogP contribution in [0, 0.1) is 10.1 Å². The van der Waals surface area contributed by atoms with Crippen LogP contribution >= 0.6 is 11.6 Å². The molecule has 1 heterocycles. The van der Waals surface area contributed by atoms with Crippen LogP contribution in [0.5, 0.6) is 0 Å². The van der Waals surface area contributed by atoms with Gasteiger partial charge in [-0.2, -0.15) is 0 Å². The maximum absolute atomic E-state index is 12.8. The van der Waals surface area contributed by atoms with E-state index in [1.165, 1.54) is 24.3 Å². The molecule has 1 aromatic heterocycles. The minimum absolute atomic E-state index is 0.0320. The molecule has 9 heteroatoms. The highest BCUT2D eigenvalue weighted by molar-refractivity contribution is 6.30. The average Bonchev–Trinajstić information content (AvgIpc) is 3.16. The third-order valence-corrected chi connectivity index (χ3v) is 5.37. The van der Waals surface area contributed by atoms with Gasteiger partial charge in [0.1, 0.15) is 0 Å². The van der Waals surface area contributed by atoms with Gasteiger partial charge in [0.15, 0.2) is 6.61 Å². The molecule has 0 radical (unpaired) electrons. The van der Waals surface area contributed by atoms with E-state index in [4.69, 9.17) is 20.8 Å². The van der Waals surface area contributed by atoms with Gasteiger partial charge in [0.2, 0.25) is 5.89 Å². The Kier molecular flexibility index (Phi) is 5.02. The summed E-state index contributed by atoms with van der Waals surface area (Å²) >= 11 is 5.94. The number of nitrogens with zero attached hydrogens (tertiary/aromatic N) is 3. The zero-order valence-electron chi connectivity index (χ0n) is 15.2. The van der Waals surface area contributed by atoms with Gasteiger partial charge in [-0.15, -0.1) is 10.2 Å². The summed E-state index contributed by atoms with van der Waals surface area (Å²) in [6.45, 7) is -0.145. The Morgan fingerprint density at radius 2 is 1.83 bits per heavy atom. The summed E-state index contributed by atoms with van der Waals surface area (Å²) in [7, 11) is 0. The first kappa shape index (κ1) is 19.1. The molecule has 0 bridgehead atoms. The molecule has 148 valence electrons. The number of halogens is 1. The van der Waals surface area contributed by atoms with Crippen LogP contribution in [0.3, 0.4) is 0 Å². The molecule has 0 amide bonds. The lowest BCUT2D eigenvalue weighted by Gasteiger charge is -2.39. The van der Waals surface area contributed by atoms with Crippen LogP contribution in [-0.4, -0.2) is 21.1 Å². The summed E-state index contributed by atoms with van der Waals surface area (Å²) in [5, 5.41) is 19.1. The largest absolute Gasteiger partial charge is 0.455 e. The third-order valence-electron chi connectivity index (χ3n) is 5.11. The Bertz CT molecular complexity index is 1040. The van der Waals surface area contributed by atoms with Gasteiger partial charge in [0, 0.05) is 22.7 Å². The highest BCUT2D eigenvalue weighted by Crippen LogP contribution is 2.45. The van der Waals surface area contributed by atoms with E-state index in [-0.39, 0.29) is 30.0 Å². The maximum Gasteiger partial charge on any atom is 0.317 e. The lowest BCUT2D eigenvalue weighted by molar-refractivity contribution is -0.384. The number of non-ortho nitro benzene ring substituents is 1. The molecule has 8 nitrogen and oxygen atoms in total. The fourth-order valence-corrected chi connectivity index (χ4v) is 3.46. The topological polar surface area (TPSA) is 108 Å². The van der Waals surface area contributed by atoms with Crippen molar-refractivity contribution in [3.63, 3.8) is 0 Å². The number of esters is 1. The summed E-state index contributed by atoms with van der Waals surface area (Å²) in [6.07, 6.45) is 2.37. The molecule has 0 atom stereocenters. The molecular weight excluding hydrogens is 398 g/mol. The molecule has 1 saturated carbocycles. The van der Waals surface area contributed by atoms with Gasteiger partial charge >= 0.3 is 5.97 Å². The molecule has 0 spiro atoms. The monoisotopic (exact) mass is 413 g/mol. The number of ether oxygens (including phenoxy) is 1. The quantitative estimate of drug-likeness (QED) is 0.333. The minimum atomic E-state index is -0.661. The van der Waals surface area contributed by atoms with Gasteiger partial charge in [-0.1, -0.05) is 30.2 Å². The fraction of sp³-hybridized carbons (Fsp3) is 0.250. The van der Waals surface area contributed by atoms with Crippen molar-refractivity contribution in [1.82, 2.24) is 10.2 Å². The van der Waals surface area contributed by atoms with Crippen molar-refractivity contribution < 1.29 is 18.9 Å². The van der Waals surface area contributed by atoms with Crippen LogP contribution in [0.2, 0.25) is 5.02 Å². The number of hydrogen-bond acceptors (Lipinski definition) is 7. The molecule has 0 unspecified atom stereocenters. The Morgan fingerprint density at radius 1 is 1.14 bits per heavy atom. The number of hydrogen-bond donors (Lipinski definition) is 0. The van der Waals surface area contributed by atoms with E-state index in [9.17, 15) is 14.9 Å². The summed E-state index contributed by atoms with van der Waals surface area (Å²) in [5.41, 5.74) is 0.731. The molecule has 1 aliphatic carbocycles. The Hall–Kier alpha value is -3.26. The minimum Gasteiger partial charge on any atom is -0.455 e. The molecule has 1 fully saturated rings. The van der Waals surface area contributed by atoms with Crippen LogP contribution in [0.25, 0.3) is 11.5 Å². The standard InChI is InChI=1S/C20H16ClN3O5/c21-15-6-4-14(5-7-15)20(10-1-11-20)19(25)28-12-17-22-23-18(29-17)13-2-8-16(9-3-13)24(26)27/h2-9H,1,10-12H2. The predicted octanol–water partition coefficient (Wildman–Crippen LogP) is 4.46. The van der Waals surface area contributed by atoms with Crippen LogP contribution in [0.15, 0.2) is 52.9 Å². The summed E-state index contributed by atoms with van der Waals surface area (Å²) in [4.78, 5) is 23.0. The number of aromatic nitrogens is 2. The van der Waals surface area contributed by atoms with Crippen LogP contribution in [0.4, 0.5) is 5.69 Å². The van der Waals surface area contributed by atoms with Crippen molar-refractivity contribution in [3.05, 3.63) is 75.1 Å². The van der Waals surface area contributed by atoms with Gasteiger partial charge in [0.05, 0.1) is 10.3 Å². The van der Waals surface area contributed by atoms with Crippen LogP contribution < -0.4 is 0 Å². The van der Waals surface area contributed by atoms with Crippen molar-refractivity contribution in [3.8, 4) is 11.5 Å². The lowest BCUT2D eigenvalue weighted by Crippen LogP contribution is -2.43. The van der Waals surface area contributed by atoms with Crippen molar-refractivity contribution in [2.75, 3.05) is 0 Å². The highest BCUT2D eigenvalue weighted by atomic mass is 35.5.